The van der Waals surface area contributed by atoms with Gasteiger partial charge < -0.3 is 9.88 Å². The fraction of sp³-hybridized carbons (Fsp3) is 0.364. The van der Waals surface area contributed by atoms with Gasteiger partial charge in [0.15, 0.2) is 17.5 Å². The van der Waals surface area contributed by atoms with Crippen LogP contribution in [0, 0.1) is 18.6 Å². The van der Waals surface area contributed by atoms with E-state index in [1.807, 2.05) is 25.1 Å². The second-order valence-corrected chi connectivity index (χ2v) is 8.24. The molecule has 8 heteroatoms. The van der Waals surface area contributed by atoms with Crippen LogP contribution in [0.4, 0.5) is 14.5 Å². The van der Waals surface area contributed by atoms with Gasteiger partial charge in [-0.05, 0) is 32.9 Å². The summed E-state index contributed by atoms with van der Waals surface area (Å²) in [6.45, 7) is 8.98. The third-order valence-electron chi connectivity index (χ3n) is 5.95. The first-order valence-corrected chi connectivity index (χ1v) is 10.2. The molecule has 0 atom stereocenters. The van der Waals surface area contributed by atoms with Crippen LogP contribution in [0.3, 0.4) is 0 Å². The Morgan fingerprint density at radius 1 is 1.03 bits per heavy atom. The number of piperazine rings is 1. The molecule has 5 rings (SSSR count). The second kappa shape index (κ2) is 7.05. The summed E-state index contributed by atoms with van der Waals surface area (Å²) in [6.07, 6.45) is 0. The summed E-state index contributed by atoms with van der Waals surface area (Å²) in [6, 6.07) is 7.69. The van der Waals surface area contributed by atoms with E-state index in [4.69, 9.17) is 0 Å². The Hall–Kier alpha value is -3.00. The van der Waals surface area contributed by atoms with Crippen molar-refractivity contribution in [2.24, 2.45) is 0 Å². The van der Waals surface area contributed by atoms with Crippen molar-refractivity contribution in [2.75, 3.05) is 31.1 Å². The minimum atomic E-state index is -0.624. The number of hydrogen-bond acceptors (Lipinski definition) is 4. The van der Waals surface area contributed by atoms with E-state index < -0.39 is 11.6 Å². The van der Waals surface area contributed by atoms with Crippen LogP contribution < -0.4 is 4.90 Å². The molecule has 1 fully saturated rings. The lowest BCUT2D eigenvalue weighted by atomic mass is 10.1. The largest absolute Gasteiger partial charge is 0.364 e. The molecule has 1 aliphatic rings. The SMILES string of the molecule is Cc1ccc2[nH]nc(-c3nc4c(F)c(N5CCN(C(C)C)CC5)c(F)cc4[nH]3)c2c1. The van der Waals surface area contributed by atoms with Gasteiger partial charge in [-0.25, -0.2) is 13.8 Å². The topological polar surface area (TPSA) is 63.8 Å². The average Bonchev–Trinajstić information content (AvgIpc) is 3.32. The molecule has 0 aliphatic carbocycles. The van der Waals surface area contributed by atoms with Crippen molar-refractivity contribution in [3.05, 3.63) is 41.5 Å². The van der Waals surface area contributed by atoms with Gasteiger partial charge in [0.05, 0.1) is 11.0 Å². The Bertz CT molecular complexity index is 1230. The molecule has 6 nitrogen and oxygen atoms in total. The molecular weight excluding hydrogens is 386 g/mol. The zero-order valence-electron chi connectivity index (χ0n) is 17.3. The molecule has 0 amide bonds. The smallest absolute Gasteiger partial charge is 0.177 e. The average molecular weight is 410 g/mol. The van der Waals surface area contributed by atoms with Crippen molar-refractivity contribution < 1.29 is 8.78 Å². The molecule has 156 valence electrons. The first kappa shape index (κ1) is 19.0. The zero-order valence-corrected chi connectivity index (χ0v) is 17.3. The van der Waals surface area contributed by atoms with Gasteiger partial charge in [-0.3, -0.25) is 10.00 Å². The zero-order chi connectivity index (χ0) is 21.0. The number of aryl methyl sites for hydroxylation is 1. The lowest BCUT2D eigenvalue weighted by Gasteiger charge is -2.38. The van der Waals surface area contributed by atoms with Gasteiger partial charge in [0.1, 0.15) is 16.9 Å². The number of hydrogen-bond donors (Lipinski definition) is 2. The highest BCUT2D eigenvalue weighted by Crippen LogP contribution is 2.33. The third-order valence-corrected chi connectivity index (χ3v) is 5.95. The number of imidazole rings is 1. The van der Waals surface area contributed by atoms with Crippen LogP contribution in [0.25, 0.3) is 33.5 Å². The highest BCUT2D eigenvalue weighted by Gasteiger charge is 2.26. The molecule has 2 aromatic carbocycles. The fourth-order valence-corrected chi connectivity index (χ4v) is 4.24. The number of benzene rings is 2. The summed E-state index contributed by atoms with van der Waals surface area (Å²) in [5.41, 5.74) is 3.01. The third kappa shape index (κ3) is 3.02. The van der Waals surface area contributed by atoms with E-state index in [0.29, 0.717) is 36.2 Å². The fourth-order valence-electron chi connectivity index (χ4n) is 4.24. The maximum atomic E-state index is 15.4. The minimum absolute atomic E-state index is 0.00619. The monoisotopic (exact) mass is 410 g/mol. The summed E-state index contributed by atoms with van der Waals surface area (Å²) in [5, 5.41) is 8.20. The van der Waals surface area contributed by atoms with Crippen molar-refractivity contribution in [3.8, 4) is 11.5 Å². The van der Waals surface area contributed by atoms with Crippen LogP contribution in [0.15, 0.2) is 24.3 Å². The highest BCUT2D eigenvalue weighted by molar-refractivity contribution is 5.94. The van der Waals surface area contributed by atoms with Gasteiger partial charge in [-0.2, -0.15) is 5.10 Å². The Labute approximate surface area is 172 Å². The predicted octanol–water partition coefficient (Wildman–Crippen LogP) is 4.22. The molecule has 4 aromatic rings. The van der Waals surface area contributed by atoms with E-state index in [0.717, 1.165) is 29.6 Å². The normalized spacial score (nSPS) is 15.7. The van der Waals surface area contributed by atoms with E-state index in [9.17, 15) is 4.39 Å². The molecule has 1 saturated heterocycles. The first-order chi connectivity index (χ1) is 14.4. The molecule has 2 N–H and O–H groups in total. The number of H-pyrrole nitrogens is 2. The van der Waals surface area contributed by atoms with Crippen LogP contribution in [0.1, 0.15) is 19.4 Å². The maximum Gasteiger partial charge on any atom is 0.177 e. The number of anilines is 1. The molecule has 2 aromatic heterocycles. The molecule has 3 heterocycles. The lowest BCUT2D eigenvalue weighted by molar-refractivity contribution is 0.208. The van der Waals surface area contributed by atoms with Crippen LogP contribution in [0.5, 0.6) is 0 Å². The highest BCUT2D eigenvalue weighted by atomic mass is 19.1. The summed E-state index contributed by atoms with van der Waals surface area (Å²) < 4.78 is 30.3. The molecular formula is C22H24F2N6. The molecule has 0 unspecified atom stereocenters. The summed E-state index contributed by atoms with van der Waals surface area (Å²) >= 11 is 0. The number of nitrogens with one attached hydrogen (secondary N) is 2. The summed E-state index contributed by atoms with van der Waals surface area (Å²) in [5.74, 6) is -0.778. The van der Waals surface area contributed by atoms with Gasteiger partial charge in [-0.1, -0.05) is 11.6 Å². The van der Waals surface area contributed by atoms with Gasteiger partial charge in [0, 0.05) is 43.7 Å². The number of rotatable bonds is 3. The van der Waals surface area contributed by atoms with Gasteiger partial charge in [-0.15, -0.1) is 0 Å². The van der Waals surface area contributed by atoms with Crippen molar-refractivity contribution in [1.29, 1.82) is 0 Å². The Balaban J connectivity index is 1.56. The molecule has 30 heavy (non-hydrogen) atoms. The summed E-state index contributed by atoms with van der Waals surface area (Å²) in [7, 11) is 0. The Kier molecular flexibility index (Phi) is 4.47. The molecule has 0 radical (unpaired) electrons. The van der Waals surface area contributed by atoms with Crippen molar-refractivity contribution in [1.82, 2.24) is 25.1 Å². The summed E-state index contributed by atoms with van der Waals surface area (Å²) in [4.78, 5) is 11.6. The molecule has 0 bridgehead atoms. The molecule has 0 spiro atoms. The number of halogens is 2. The van der Waals surface area contributed by atoms with Gasteiger partial charge >= 0.3 is 0 Å². The number of nitrogens with zero attached hydrogens (tertiary/aromatic N) is 4. The van der Waals surface area contributed by atoms with Gasteiger partial charge in [0.2, 0.25) is 0 Å². The van der Waals surface area contributed by atoms with E-state index in [1.54, 1.807) is 4.90 Å². The van der Waals surface area contributed by atoms with E-state index in [1.165, 1.54) is 6.07 Å². The predicted molar refractivity (Wildman–Crippen MR) is 115 cm³/mol. The minimum Gasteiger partial charge on any atom is -0.364 e. The molecule has 1 aliphatic heterocycles. The van der Waals surface area contributed by atoms with Crippen LogP contribution >= 0.6 is 0 Å². The standard InChI is InChI=1S/C22H24F2N6/c1-12(2)29-6-8-30(9-7-29)21-15(23)11-17-20(18(21)24)26-22(25-17)19-14-10-13(3)4-5-16(14)27-28-19/h4-5,10-12H,6-9H2,1-3H3,(H,25,26)(H,27,28). The number of aromatic nitrogens is 4. The Morgan fingerprint density at radius 2 is 1.80 bits per heavy atom. The second-order valence-electron chi connectivity index (χ2n) is 8.24. The van der Waals surface area contributed by atoms with Crippen LogP contribution in [-0.2, 0) is 0 Å². The van der Waals surface area contributed by atoms with E-state index in [-0.39, 0.29) is 11.2 Å². The number of aromatic amines is 2. The van der Waals surface area contributed by atoms with Crippen LogP contribution in [-0.4, -0.2) is 57.3 Å². The van der Waals surface area contributed by atoms with Crippen LogP contribution in [0.2, 0.25) is 0 Å². The van der Waals surface area contributed by atoms with Crippen molar-refractivity contribution in [2.45, 2.75) is 26.8 Å². The lowest BCUT2D eigenvalue weighted by Crippen LogP contribution is -2.49. The van der Waals surface area contributed by atoms with Crippen molar-refractivity contribution >= 4 is 27.6 Å². The first-order valence-electron chi connectivity index (χ1n) is 10.2. The quantitative estimate of drug-likeness (QED) is 0.531. The maximum absolute atomic E-state index is 15.4. The number of fused-ring (bicyclic) bond motifs is 2. The molecule has 0 saturated carbocycles. The Morgan fingerprint density at radius 3 is 2.53 bits per heavy atom. The van der Waals surface area contributed by atoms with E-state index in [2.05, 4.69) is 38.9 Å². The van der Waals surface area contributed by atoms with Gasteiger partial charge in [0.25, 0.3) is 0 Å². The van der Waals surface area contributed by atoms with E-state index >= 15 is 4.39 Å². The van der Waals surface area contributed by atoms with Crippen molar-refractivity contribution in [3.63, 3.8) is 0 Å².